The first kappa shape index (κ1) is 9.73. The second-order valence-corrected chi connectivity index (χ2v) is 3.61. The molecule has 1 aliphatic rings. The fraction of sp³-hybridized carbons (Fsp3) is 0.455. The van der Waals surface area contributed by atoms with Gasteiger partial charge in [-0.25, -0.2) is 0 Å². The van der Waals surface area contributed by atoms with Crippen LogP contribution in [0.2, 0.25) is 0 Å². The van der Waals surface area contributed by atoms with Crippen molar-refractivity contribution in [3.05, 3.63) is 23.3 Å². The Balaban J connectivity index is 3.21. The van der Waals surface area contributed by atoms with Crippen LogP contribution < -0.4 is 0 Å². The molecule has 0 saturated heterocycles. The summed E-state index contributed by atoms with van der Waals surface area (Å²) in [5.74, 6) is 0.208. The Hall–Kier alpha value is -1.36. The van der Waals surface area contributed by atoms with Crippen LogP contribution in [0.25, 0.3) is 0 Å². The Morgan fingerprint density at radius 1 is 1.54 bits per heavy atom. The molecule has 1 aliphatic carbocycles. The molecule has 1 rings (SSSR count). The van der Waals surface area contributed by atoms with Crippen molar-refractivity contribution in [3.63, 3.8) is 0 Å². The van der Waals surface area contributed by atoms with Crippen LogP contribution in [0.15, 0.2) is 23.3 Å². The number of carbonyl (C=O) groups is 1. The lowest BCUT2D eigenvalue weighted by Gasteiger charge is -2.18. The van der Waals surface area contributed by atoms with E-state index in [2.05, 4.69) is 6.07 Å². The van der Waals surface area contributed by atoms with Gasteiger partial charge in [-0.05, 0) is 12.0 Å². The van der Waals surface area contributed by atoms with Gasteiger partial charge in [0.15, 0.2) is 5.78 Å². The molecule has 1 atom stereocenters. The summed E-state index contributed by atoms with van der Waals surface area (Å²) >= 11 is 0. The molecule has 2 nitrogen and oxygen atoms in total. The van der Waals surface area contributed by atoms with Crippen LogP contribution in [0.5, 0.6) is 0 Å². The molecule has 0 heterocycles. The van der Waals surface area contributed by atoms with E-state index in [1.807, 2.05) is 20.8 Å². The number of hydrogen-bond acceptors (Lipinski definition) is 2. The molecule has 0 fully saturated rings. The largest absolute Gasteiger partial charge is 0.290 e. The predicted octanol–water partition coefficient (Wildman–Crippen LogP) is 2.24. The molecule has 68 valence electrons. The molecule has 0 aliphatic heterocycles. The fourth-order valence-corrected chi connectivity index (χ4v) is 1.55. The topological polar surface area (TPSA) is 40.9 Å². The van der Waals surface area contributed by atoms with Gasteiger partial charge in [-0.15, -0.1) is 0 Å². The SMILES string of the molecule is CC(C)C1=C(C#N)C(C)C=CC1=O. The maximum atomic E-state index is 11.5. The monoisotopic (exact) mass is 175 g/mol. The van der Waals surface area contributed by atoms with Gasteiger partial charge in [0.05, 0.1) is 6.07 Å². The molecular weight excluding hydrogens is 162 g/mol. The number of nitriles is 1. The number of ketones is 1. The Bertz CT molecular complexity index is 328. The zero-order chi connectivity index (χ0) is 10.0. The standard InChI is InChI=1S/C11H13NO/c1-7(2)11-9(6-12)8(3)4-5-10(11)13/h4-5,7-8H,1-3H3. The Kier molecular flexibility index (Phi) is 2.67. The van der Waals surface area contributed by atoms with Crippen LogP contribution in [0.1, 0.15) is 20.8 Å². The van der Waals surface area contributed by atoms with E-state index in [9.17, 15) is 4.79 Å². The van der Waals surface area contributed by atoms with Crippen molar-refractivity contribution in [1.82, 2.24) is 0 Å². The first-order valence-corrected chi connectivity index (χ1v) is 4.44. The number of carbonyl (C=O) groups excluding carboxylic acids is 1. The highest BCUT2D eigenvalue weighted by molar-refractivity contribution is 6.06. The maximum absolute atomic E-state index is 11.5. The lowest BCUT2D eigenvalue weighted by atomic mass is 9.84. The van der Waals surface area contributed by atoms with Gasteiger partial charge in [0.1, 0.15) is 0 Å². The fourth-order valence-electron chi connectivity index (χ4n) is 1.55. The van der Waals surface area contributed by atoms with Crippen LogP contribution in [-0.4, -0.2) is 5.78 Å². The molecule has 0 spiro atoms. The molecule has 0 radical (unpaired) electrons. The predicted molar refractivity (Wildman–Crippen MR) is 50.8 cm³/mol. The summed E-state index contributed by atoms with van der Waals surface area (Å²) in [6.07, 6.45) is 3.35. The van der Waals surface area contributed by atoms with Gasteiger partial charge in [0.25, 0.3) is 0 Å². The molecular formula is C11H13NO. The van der Waals surface area contributed by atoms with Crippen molar-refractivity contribution in [2.45, 2.75) is 20.8 Å². The highest BCUT2D eigenvalue weighted by Crippen LogP contribution is 2.26. The lowest BCUT2D eigenvalue weighted by molar-refractivity contribution is -0.111. The summed E-state index contributed by atoms with van der Waals surface area (Å²) in [4.78, 5) is 11.5. The third kappa shape index (κ3) is 1.70. The zero-order valence-corrected chi connectivity index (χ0v) is 8.16. The first-order valence-electron chi connectivity index (χ1n) is 4.44. The minimum absolute atomic E-state index is 0.00958. The van der Waals surface area contributed by atoms with Crippen molar-refractivity contribution >= 4 is 5.78 Å². The number of rotatable bonds is 1. The van der Waals surface area contributed by atoms with Gasteiger partial charge in [-0.1, -0.05) is 26.8 Å². The summed E-state index contributed by atoms with van der Waals surface area (Å²) in [6.45, 7) is 5.82. The van der Waals surface area contributed by atoms with E-state index in [0.717, 1.165) is 0 Å². The van der Waals surface area contributed by atoms with Crippen LogP contribution in [-0.2, 0) is 4.79 Å². The quantitative estimate of drug-likeness (QED) is 0.613. The summed E-state index contributed by atoms with van der Waals surface area (Å²) in [6, 6.07) is 2.12. The van der Waals surface area contributed by atoms with Crippen LogP contribution in [0, 0.1) is 23.2 Å². The van der Waals surface area contributed by atoms with Crippen molar-refractivity contribution in [2.75, 3.05) is 0 Å². The smallest absolute Gasteiger partial charge is 0.182 e. The van der Waals surface area contributed by atoms with Gasteiger partial charge in [-0.2, -0.15) is 5.26 Å². The molecule has 0 amide bonds. The average Bonchev–Trinajstić information content (AvgIpc) is 2.07. The van der Waals surface area contributed by atoms with E-state index < -0.39 is 0 Å². The van der Waals surface area contributed by atoms with E-state index in [4.69, 9.17) is 5.26 Å². The number of nitrogens with zero attached hydrogens (tertiary/aromatic N) is 1. The van der Waals surface area contributed by atoms with E-state index in [0.29, 0.717) is 11.1 Å². The molecule has 0 saturated carbocycles. The maximum Gasteiger partial charge on any atom is 0.182 e. The summed E-state index contributed by atoms with van der Waals surface area (Å²) in [5, 5.41) is 8.90. The second-order valence-electron chi connectivity index (χ2n) is 3.61. The third-order valence-electron chi connectivity index (χ3n) is 2.25. The Labute approximate surface area is 78.6 Å². The van der Waals surface area contributed by atoms with Crippen molar-refractivity contribution in [3.8, 4) is 6.07 Å². The molecule has 0 N–H and O–H groups in total. The van der Waals surface area contributed by atoms with Crippen LogP contribution in [0.4, 0.5) is 0 Å². The van der Waals surface area contributed by atoms with Crippen LogP contribution >= 0.6 is 0 Å². The van der Waals surface area contributed by atoms with Gasteiger partial charge < -0.3 is 0 Å². The normalized spacial score (nSPS) is 22.4. The molecule has 0 aromatic carbocycles. The molecule has 13 heavy (non-hydrogen) atoms. The van der Waals surface area contributed by atoms with Crippen molar-refractivity contribution in [2.24, 2.45) is 11.8 Å². The van der Waals surface area contributed by atoms with Gasteiger partial charge in [0, 0.05) is 17.1 Å². The van der Waals surface area contributed by atoms with E-state index in [-0.39, 0.29) is 17.6 Å². The van der Waals surface area contributed by atoms with E-state index in [1.54, 1.807) is 12.2 Å². The second kappa shape index (κ2) is 3.57. The highest BCUT2D eigenvalue weighted by Gasteiger charge is 2.23. The van der Waals surface area contributed by atoms with Gasteiger partial charge >= 0.3 is 0 Å². The molecule has 1 unspecified atom stereocenters. The number of allylic oxidation sites excluding steroid dienone is 4. The molecule has 0 bridgehead atoms. The van der Waals surface area contributed by atoms with Crippen molar-refractivity contribution in [1.29, 1.82) is 5.26 Å². The highest BCUT2D eigenvalue weighted by atomic mass is 16.1. The van der Waals surface area contributed by atoms with E-state index in [1.165, 1.54) is 0 Å². The molecule has 2 heteroatoms. The average molecular weight is 175 g/mol. The summed E-state index contributed by atoms with van der Waals surface area (Å²) < 4.78 is 0. The molecule has 0 aromatic rings. The lowest BCUT2D eigenvalue weighted by Crippen LogP contribution is -2.16. The van der Waals surface area contributed by atoms with Gasteiger partial charge in [0.2, 0.25) is 0 Å². The number of hydrogen-bond donors (Lipinski definition) is 0. The summed E-state index contributed by atoms with van der Waals surface area (Å²) in [5.41, 5.74) is 1.31. The minimum atomic E-state index is -0.00958. The summed E-state index contributed by atoms with van der Waals surface area (Å²) in [7, 11) is 0. The molecule has 0 aromatic heterocycles. The Morgan fingerprint density at radius 2 is 2.15 bits per heavy atom. The van der Waals surface area contributed by atoms with Crippen LogP contribution in [0.3, 0.4) is 0 Å². The van der Waals surface area contributed by atoms with E-state index >= 15 is 0 Å². The van der Waals surface area contributed by atoms with Crippen molar-refractivity contribution < 1.29 is 4.79 Å². The van der Waals surface area contributed by atoms with Gasteiger partial charge in [-0.3, -0.25) is 4.79 Å². The third-order valence-corrected chi connectivity index (χ3v) is 2.25. The zero-order valence-electron chi connectivity index (χ0n) is 8.16. The minimum Gasteiger partial charge on any atom is -0.290 e. The Morgan fingerprint density at radius 3 is 2.54 bits per heavy atom. The first-order chi connectivity index (χ1) is 6.07.